The number of aromatic amines is 1. The number of aromatic nitrogens is 1. The van der Waals surface area contributed by atoms with Gasteiger partial charge in [-0.2, -0.15) is 0 Å². The topological polar surface area (TPSA) is 83.7 Å². The highest BCUT2D eigenvalue weighted by Crippen LogP contribution is 2.63. The van der Waals surface area contributed by atoms with Gasteiger partial charge in [-0.3, -0.25) is 9.59 Å². The Kier molecular flexibility index (Phi) is 3.55. The van der Waals surface area contributed by atoms with Gasteiger partial charge in [0.2, 0.25) is 5.91 Å². The Bertz CT molecular complexity index is 1340. The Balaban J connectivity index is 1.51. The van der Waals surface area contributed by atoms with E-state index in [-0.39, 0.29) is 28.7 Å². The molecule has 2 bridgehead atoms. The third kappa shape index (κ3) is 2.06. The average Bonchev–Trinajstić information content (AvgIpc) is 3.38. The van der Waals surface area contributed by atoms with E-state index in [9.17, 15) is 9.59 Å². The molecule has 0 radical (unpaired) electrons. The van der Waals surface area contributed by atoms with Gasteiger partial charge in [0.05, 0.1) is 5.52 Å². The Morgan fingerprint density at radius 2 is 1.97 bits per heavy atom. The zero-order valence-electron chi connectivity index (χ0n) is 20.4. The summed E-state index contributed by atoms with van der Waals surface area (Å²) in [6.45, 7) is 9.14. The number of hydrogen-bond acceptors (Lipinski definition) is 4. The summed E-state index contributed by atoms with van der Waals surface area (Å²) >= 11 is 0. The second kappa shape index (κ2) is 5.88. The normalized spacial score (nSPS) is 36.0. The van der Waals surface area contributed by atoms with Gasteiger partial charge in [0.25, 0.3) is 5.91 Å². The van der Waals surface area contributed by atoms with Crippen LogP contribution < -0.4 is 10.1 Å². The third-order valence-corrected chi connectivity index (χ3v) is 9.39. The molecule has 6 aliphatic rings. The molecule has 2 amide bonds. The number of hydrogen-bond donors (Lipinski definition) is 2. The molecule has 4 fully saturated rings. The van der Waals surface area contributed by atoms with E-state index in [0.29, 0.717) is 13.0 Å². The Labute approximate surface area is 198 Å². The molecule has 7 nitrogen and oxygen atoms in total. The lowest BCUT2D eigenvalue weighted by atomic mass is 9.50. The molecule has 2 spiro atoms. The van der Waals surface area contributed by atoms with E-state index in [2.05, 4.69) is 42.4 Å². The van der Waals surface area contributed by atoms with Crippen molar-refractivity contribution >= 4 is 28.8 Å². The van der Waals surface area contributed by atoms with Gasteiger partial charge in [-0.25, -0.2) is 0 Å². The first-order valence-electron chi connectivity index (χ1n) is 12.3. The molecule has 8 rings (SSSR count). The second-order valence-corrected chi connectivity index (χ2v) is 11.9. The van der Waals surface area contributed by atoms with Crippen LogP contribution in [0.25, 0.3) is 17.0 Å². The minimum atomic E-state index is -1.10. The smallest absolute Gasteiger partial charge is 0.252 e. The molecule has 0 saturated carbocycles. The number of piperidine rings is 2. The van der Waals surface area contributed by atoms with Crippen molar-refractivity contribution in [1.82, 2.24) is 15.2 Å². The summed E-state index contributed by atoms with van der Waals surface area (Å²) in [6, 6.07) is 4.07. The SMILES string of the molecule is COC1c2c([nH]c3c4c(ccc23)OC(C)(C)C=C4)C(C)(C)C2CC34CCCN3C(=O)C12NC4=O. The number of carbonyl (C=O) groups excluding carboxylic acids is 2. The van der Waals surface area contributed by atoms with Gasteiger partial charge in [-0.15, -0.1) is 0 Å². The van der Waals surface area contributed by atoms with Crippen LogP contribution in [0.3, 0.4) is 0 Å². The van der Waals surface area contributed by atoms with Gasteiger partial charge >= 0.3 is 0 Å². The second-order valence-electron chi connectivity index (χ2n) is 11.9. The van der Waals surface area contributed by atoms with Crippen LogP contribution in [-0.4, -0.2) is 52.0 Å². The van der Waals surface area contributed by atoms with Crippen LogP contribution in [0, 0.1) is 5.92 Å². The van der Waals surface area contributed by atoms with Gasteiger partial charge in [0, 0.05) is 47.2 Å². The minimum absolute atomic E-state index is 0.0158. The quantitative estimate of drug-likeness (QED) is 0.680. The van der Waals surface area contributed by atoms with E-state index in [1.165, 1.54) is 0 Å². The molecule has 2 N–H and O–H groups in total. The van der Waals surface area contributed by atoms with Gasteiger partial charge in [-0.1, -0.05) is 13.8 Å². The van der Waals surface area contributed by atoms with Crippen LogP contribution in [0.4, 0.5) is 0 Å². The first kappa shape index (κ1) is 20.6. The number of nitrogens with zero attached hydrogens (tertiary/aromatic N) is 1. The Morgan fingerprint density at radius 3 is 2.74 bits per heavy atom. The number of fused-ring (bicyclic) bond motifs is 6. The van der Waals surface area contributed by atoms with Gasteiger partial charge in [-0.05, 0) is 57.4 Å². The van der Waals surface area contributed by atoms with E-state index in [1.54, 1.807) is 7.11 Å². The maximum absolute atomic E-state index is 14.2. The van der Waals surface area contributed by atoms with Crippen molar-refractivity contribution in [1.29, 1.82) is 0 Å². The molecule has 178 valence electrons. The molecule has 4 unspecified atom stereocenters. The van der Waals surface area contributed by atoms with E-state index in [4.69, 9.17) is 9.47 Å². The molecule has 2 aromatic rings. The van der Waals surface area contributed by atoms with Crippen LogP contribution in [0.2, 0.25) is 0 Å². The number of nitrogens with one attached hydrogen (secondary N) is 2. The van der Waals surface area contributed by atoms with Crippen molar-refractivity contribution in [2.45, 2.75) is 75.2 Å². The highest BCUT2D eigenvalue weighted by molar-refractivity contribution is 6.07. The van der Waals surface area contributed by atoms with Crippen molar-refractivity contribution < 1.29 is 19.1 Å². The number of piperazine rings is 1. The fourth-order valence-corrected chi connectivity index (χ4v) is 7.84. The van der Waals surface area contributed by atoms with Crippen molar-refractivity contribution in [2.75, 3.05) is 13.7 Å². The van der Waals surface area contributed by atoms with Crippen molar-refractivity contribution in [3.8, 4) is 5.75 Å². The van der Waals surface area contributed by atoms with Crippen LogP contribution in [0.15, 0.2) is 18.2 Å². The third-order valence-electron chi connectivity index (χ3n) is 9.39. The number of amides is 2. The molecule has 7 heteroatoms. The molecule has 4 saturated heterocycles. The molecule has 5 aliphatic heterocycles. The molecular formula is C27H31N3O4. The number of H-pyrrole nitrogens is 1. The van der Waals surface area contributed by atoms with Crippen molar-refractivity contribution in [2.24, 2.45) is 5.92 Å². The lowest BCUT2D eigenvalue weighted by Gasteiger charge is -2.65. The van der Waals surface area contributed by atoms with Gasteiger partial charge < -0.3 is 24.7 Å². The summed E-state index contributed by atoms with van der Waals surface area (Å²) in [4.78, 5) is 33.3. The predicted molar refractivity (Wildman–Crippen MR) is 127 cm³/mol. The number of rotatable bonds is 1. The van der Waals surface area contributed by atoms with Crippen molar-refractivity contribution in [3.63, 3.8) is 0 Å². The molecule has 1 aromatic heterocycles. The molecule has 1 aromatic carbocycles. The molecule has 34 heavy (non-hydrogen) atoms. The average molecular weight is 462 g/mol. The summed E-state index contributed by atoms with van der Waals surface area (Å²) in [7, 11) is 1.65. The molecule has 6 heterocycles. The minimum Gasteiger partial charge on any atom is -0.483 e. The first-order chi connectivity index (χ1) is 16.1. The largest absolute Gasteiger partial charge is 0.483 e. The lowest BCUT2D eigenvalue weighted by Crippen LogP contribution is -2.85. The predicted octanol–water partition coefficient (Wildman–Crippen LogP) is 3.58. The van der Waals surface area contributed by atoms with Crippen LogP contribution in [0.1, 0.15) is 69.9 Å². The van der Waals surface area contributed by atoms with Gasteiger partial charge in [0.1, 0.15) is 23.0 Å². The molecule has 4 atom stereocenters. The highest BCUT2D eigenvalue weighted by atomic mass is 16.5. The van der Waals surface area contributed by atoms with Crippen LogP contribution in [-0.2, 0) is 19.7 Å². The zero-order chi connectivity index (χ0) is 23.8. The Morgan fingerprint density at radius 1 is 1.18 bits per heavy atom. The summed E-state index contributed by atoms with van der Waals surface area (Å²) in [5.74, 6) is 0.763. The summed E-state index contributed by atoms with van der Waals surface area (Å²) in [5.41, 5.74) is 1.50. The van der Waals surface area contributed by atoms with E-state index in [0.717, 1.165) is 46.3 Å². The fourth-order valence-electron chi connectivity index (χ4n) is 7.84. The maximum atomic E-state index is 14.2. The standard InChI is InChI=1S/C27H31N3O4/c1-24(2)11-9-14-16(34-24)8-7-15-18-20(28-19(14)15)25(3,4)17-13-26-10-6-12-30(26)23(32)27(17,21(18)33-5)29-22(26)31/h7-9,11,17,21,28H,6,10,12-13H2,1-5H3,(H,29,31). The first-order valence-corrected chi connectivity index (χ1v) is 12.3. The lowest BCUT2D eigenvalue weighted by molar-refractivity contribution is -0.193. The van der Waals surface area contributed by atoms with Gasteiger partial charge in [0.15, 0.2) is 5.54 Å². The number of benzene rings is 1. The van der Waals surface area contributed by atoms with E-state index >= 15 is 0 Å². The summed E-state index contributed by atoms with van der Waals surface area (Å²) in [5, 5.41) is 4.27. The van der Waals surface area contributed by atoms with Crippen LogP contribution in [0.5, 0.6) is 5.75 Å². The summed E-state index contributed by atoms with van der Waals surface area (Å²) in [6.07, 6.45) is 5.88. The van der Waals surface area contributed by atoms with Crippen molar-refractivity contribution in [3.05, 3.63) is 35.0 Å². The summed E-state index contributed by atoms with van der Waals surface area (Å²) < 4.78 is 12.4. The fraction of sp³-hybridized carbons (Fsp3) is 0.556. The number of carbonyl (C=O) groups is 2. The zero-order valence-corrected chi connectivity index (χ0v) is 20.4. The van der Waals surface area contributed by atoms with E-state index < -0.39 is 17.2 Å². The van der Waals surface area contributed by atoms with E-state index in [1.807, 2.05) is 24.8 Å². The number of methoxy groups -OCH3 is 1. The monoisotopic (exact) mass is 461 g/mol. The Hall–Kier alpha value is -2.80. The van der Waals surface area contributed by atoms with Crippen LogP contribution >= 0.6 is 0 Å². The molecular weight excluding hydrogens is 430 g/mol. The highest BCUT2D eigenvalue weighted by Gasteiger charge is 2.76. The number of ether oxygens (including phenoxy) is 2. The molecule has 1 aliphatic carbocycles. The maximum Gasteiger partial charge on any atom is 0.252 e.